The molecule has 7 nitrogen and oxygen atoms in total. The van der Waals surface area contributed by atoms with E-state index in [0.717, 1.165) is 10.8 Å². The molecule has 0 saturated heterocycles. The minimum absolute atomic E-state index is 0.296. The van der Waals surface area contributed by atoms with Crippen molar-refractivity contribution in [3.63, 3.8) is 0 Å². The molecule has 0 aliphatic carbocycles. The fraction of sp³-hybridized carbons (Fsp3) is 0.136. The number of nitrogens with zero attached hydrogens (tertiary/aromatic N) is 1. The highest BCUT2D eigenvalue weighted by molar-refractivity contribution is 5.86. The van der Waals surface area contributed by atoms with Crippen molar-refractivity contribution in [1.82, 2.24) is 10.9 Å². The molecule has 3 rings (SSSR count). The summed E-state index contributed by atoms with van der Waals surface area (Å²) >= 11 is 0. The second-order valence-corrected chi connectivity index (χ2v) is 6.20. The van der Waals surface area contributed by atoms with Crippen molar-refractivity contribution in [2.75, 3.05) is 6.61 Å². The van der Waals surface area contributed by atoms with Crippen LogP contribution < -0.4 is 20.3 Å². The number of hydrogen-bond acceptors (Lipinski definition) is 5. The van der Waals surface area contributed by atoms with Crippen molar-refractivity contribution in [2.24, 2.45) is 0 Å². The molecule has 0 aliphatic rings. The van der Waals surface area contributed by atoms with Crippen LogP contribution in [0.2, 0.25) is 0 Å². The van der Waals surface area contributed by atoms with Crippen LogP contribution >= 0.6 is 0 Å². The number of nitriles is 1. The van der Waals surface area contributed by atoms with Gasteiger partial charge in [0, 0.05) is 0 Å². The van der Waals surface area contributed by atoms with Gasteiger partial charge in [0.05, 0.1) is 5.56 Å². The Balaban J connectivity index is 1.47. The van der Waals surface area contributed by atoms with E-state index in [1.54, 1.807) is 37.3 Å². The van der Waals surface area contributed by atoms with Crippen LogP contribution in [0.4, 0.5) is 0 Å². The third-order valence-corrected chi connectivity index (χ3v) is 4.09. The number of rotatable bonds is 6. The Morgan fingerprint density at radius 1 is 1.00 bits per heavy atom. The van der Waals surface area contributed by atoms with Gasteiger partial charge in [0.25, 0.3) is 11.8 Å². The van der Waals surface area contributed by atoms with Gasteiger partial charge in [0.15, 0.2) is 12.7 Å². The van der Waals surface area contributed by atoms with Gasteiger partial charge in [0.2, 0.25) is 0 Å². The Kier molecular flexibility index (Phi) is 6.28. The van der Waals surface area contributed by atoms with Crippen molar-refractivity contribution in [3.8, 4) is 17.6 Å². The lowest BCUT2D eigenvalue weighted by Gasteiger charge is -2.15. The number of hydrogen-bond donors (Lipinski definition) is 2. The number of fused-ring (bicyclic) bond motifs is 1. The molecule has 0 aliphatic heterocycles. The normalized spacial score (nSPS) is 11.2. The van der Waals surface area contributed by atoms with E-state index in [9.17, 15) is 9.59 Å². The predicted octanol–water partition coefficient (Wildman–Crippen LogP) is 2.71. The van der Waals surface area contributed by atoms with E-state index < -0.39 is 17.9 Å². The van der Waals surface area contributed by atoms with Crippen LogP contribution in [-0.2, 0) is 9.59 Å². The highest BCUT2D eigenvalue weighted by Gasteiger charge is 2.16. The summed E-state index contributed by atoms with van der Waals surface area (Å²) in [6.07, 6.45) is -0.823. The molecule has 0 fully saturated rings. The van der Waals surface area contributed by atoms with Crippen LogP contribution in [0.15, 0.2) is 66.7 Å². The number of amides is 2. The molecule has 0 saturated carbocycles. The number of para-hydroxylation sites is 1. The predicted molar refractivity (Wildman–Crippen MR) is 107 cm³/mol. The molecule has 3 aromatic carbocycles. The van der Waals surface area contributed by atoms with Gasteiger partial charge in [-0.15, -0.1) is 0 Å². The molecular formula is C22H19N3O4. The zero-order chi connectivity index (χ0) is 20.6. The number of benzene rings is 3. The maximum absolute atomic E-state index is 12.2. The van der Waals surface area contributed by atoms with E-state index in [2.05, 4.69) is 10.9 Å². The Labute approximate surface area is 167 Å². The summed E-state index contributed by atoms with van der Waals surface area (Å²) in [5.41, 5.74) is 4.88. The molecule has 7 heteroatoms. The molecule has 1 unspecified atom stereocenters. The molecule has 146 valence electrons. The highest BCUT2D eigenvalue weighted by Crippen LogP contribution is 2.21. The summed E-state index contributed by atoms with van der Waals surface area (Å²) in [7, 11) is 0. The Morgan fingerprint density at radius 2 is 1.72 bits per heavy atom. The SMILES string of the molecule is CC(Oc1ccc2ccccc2c1)C(=O)NNC(=O)COc1ccccc1C#N. The summed E-state index contributed by atoms with van der Waals surface area (Å²) in [6.45, 7) is 1.23. The van der Waals surface area contributed by atoms with E-state index >= 15 is 0 Å². The molecule has 0 radical (unpaired) electrons. The first kappa shape index (κ1) is 19.7. The van der Waals surface area contributed by atoms with Gasteiger partial charge in [-0.1, -0.05) is 42.5 Å². The number of carbonyl (C=O) groups excluding carboxylic acids is 2. The van der Waals surface area contributed by atoms with Crippen molar-refractivity contribution >= 4 is 22.6 Å². The van der Waals surface area contributed by atoms with Crippen LogP contribution in [0.25, 0.3) is 10.8 Å². The first-order valence-corrected chi connectivity index (χ1v) is 8.93. The number of hydrazine groups is 1. The lowest BCUT2D eigenvalue weighted by molar-refractivity contribution is -0.133. The Morgan fingerprint density at radius 3 is 2.52 bits per heavy atom. The summed E-state index contributed by atoms with van der Waals surface area (Å²) in [6, 6.07) is 21.9. The molecule has 0 aromatic heterocycles. The van der Waals surface area contributed by atoms with Crippen LogP contribution in [-0.4, -0.2) is 24.5 Å². The van der Waals surface area contributed by atoms with Crippen LogP contribution in [0.1, 0.15) is 12.5 Å². The number of nitrogens with one attached hydrogen (secondary N) is 2. The number of carbonyl (C=O) groups is 2. The van der Waals surface area contributed by atoms with Gasteiger partial charge in [-0.3, -0.25) is 20.4 Å². The average Bonchev–Trinajstić information content (AvgIpc) is 2.76. The third kappa shape index (κ3) is 5.23. The molecule has 0 bridgehead atoms. The van der Waals surface area contributed by atoms with Gasteiger partial charge in [0.1, 0.15) is 17.6 Å². The minimum Gasteiger partial charge on any atom is -0.482 e. The van der Waals surface area contributed by atoms with Crippen molar-refractivity contribution in [1.29, 1.82) is 5.26 Å². The van der Waals surface area contributed by atoms with Crippen LogP contribution in [0, 0.1) is 11.3 Å². The Bertz CT molecular complexity index is 1070. The maximum Gasteiger partial charge on any atom is 0.279 e. The highest BCUT2D eigenvalue weighted by atomic mass is 16.5. The van der Waals surface area contributed by atoms with Crippen LogP contribution in [0.3, 0.4) is 0 Å². The Hall–Kier alpha value is -4.05. The standard InChI is InChI=1S/C22H19N3O4/c1-15(29-19-11-10-16-6-2-3-7-17(16)12-19)22(27)25-24-21(26)14-28-20-9-5-4-8-18(20)13-23/h2-12,15H,14H2,1H3,(H,24,26)(H,25,27). The lowest BCUT2D eigenvalue weighted by atomic mass is 10.1. The largest absolute Gasteiger partial charge is 0.482 e. The zero-order valence-corrected chi connectivity index (χ0v) is 15.7. The van der Waals surface area contributed by atoms with Crippen molar-refractivity contribution < 1.29 is 19.1 Å². The van der Waals surface area contributed by atoms with E-state index in [-0.39, 0.29) is 6.61 Å². The van der Waals surface area contributed by atoms with Crippen molar-refractivity contribution in [3.05, 3.63) is 72.3 Å². The summed E-state index contributed by atoms with van der Waals surface area (Å²) in [5, 5.41) is 11.1. The first-order valence-electron chi connectivity index (χ1n) is 8.93. The molecule has 2 N–H and O–H groups in total. The van der Waals surface area contributed by atoms with Gasteiger partial charge >= 0.3 is 0 Å². The van der Waals surface area contributed by atoms with Crippen molar-refractivity contribution in [2.45, 2.75) is 13.0 Å². The summed E-state index contributed by atoms with van der Waals surface area (Å²) in [4.78, 5) is 24.0. The zero-order valence-electron chi connectivity index (χ0n) is 15.7. The maximum atomic E-state index is 12.2. The molecule has 0 spiro atoms. The molecule has 2 amide bonds. The quantitative estimate of drug-likeness (QED) is 0.632. The topological polar surface area (TPSA) is 100 Å². The fourth-order valence-electron chi connectivity index (χ4n) is 2.60. The molecular weight excluding hydrogens is 370 g/mol. The van der Waals surface area contributed by atoms with Gasteiger partial charge in [-0.2, -0.15) is 5.26 Å². The summed E-state index contributed by atoms with van der Waals surface area (Å²) in [5.74, 6) is -0.230. The smallest absolute Gasteiger partial charge is 0.279 e. The van der Waals surface area contributed by atoms with E-state index in [1.807, 2.05) is 42.5 Å². The lowest BCUT2D eigenvalue weighted by Crippen LogP contribution is -2.48. The van der Waals surface area contributed by atoms with E-state index in [0.29, 0.717) is 17.1 Å². The molecule has 29 heavy (non-hydrogen) atoms. The fourth-order valence-corrected chi connectivity index (χ4v) is 2.60. The van der Waals surface area contributed by atoms with Gasteiger partial charge < -0.3 is 9.47 Å². The first-order chi connectivity index (χ1) is 14.1. The molecule has 0 heterocycles. The second kappa shape index (κ2) is 9.24. The third-order valence-electron chi connectivity index (χ3n) is 4.09. The van der Waals surface area contributed by atoms with E-state index in [4.69, 9.17) is 14.7 Å². The molecule has 1 atom stereocenters. The van der Waals surface area contributed by atoms with Gasteiger partial charge in [-0.25, -0.2) is 0 Å². The monoisotopic (exact) mass is 389 g/mol. The second-order valence-electron chi connectivity index (χ2n) is 6.20. The minimum atomic E-state index is -0.823. The van der Waals surface area contributed by atoms with Crippen LogP contribution in [0.5, 0.6) is 11.5 Å². The van der Waals surface area contributed by atoms with Gasteiger partial charge in [-0.05, 0) is 42.0 Å². The summed E-state index contributed by atoms with van der Waals surface area (Å²) < 4.78 is 10.9. The number of ether oxygens (including phenoxy) is 2. The van der Waals surface area contributed by atoms with E-state index in [1.165, 1.54) is 0 Å². The average molecular weight is 389 g/mol. The molecule has 3 aromatic rings.